The second-order valence-electron chi connectivity index (χ2n) is 6.19. The minimum Gasteiger partial charge on any atom is -0.309 e. The maximum absolute atomic E-state index is 12.5. The summed E-state index contributed by atoms with van der Waals surface area (Å²) in [5, 5.41) is 6.96. The molecule has 0 radical (unpaired) electrons. The van der Waals surface area contributed by atoms with E-state index in [9.17, 15) is 9.59 Å². The van der Waals surface area contributed by atoms with Crippen molar-refractivity contribution >= 4 is 45.3 Å². The van der Waals surface area contributed by atoms with Gasteiger partial charge in [-0.3, -0.25) is 25.3 Å². The van der Waals surface area contributed by atoms with Gasteiger partial charge in [-0.05, 0) is 43.3 Å². The first-order valence-corrected chi connectivity index (χ1v) is 9.78. The van der Waals surface area contributed by atoms with Crippen LogP contribution in [0.1, 0.15) is 17.3 Å². The van der Waals surface area contributed by atoms with E-state index < -0.39 is 0 Å². The Kier molecular flexibility index (Phi) is 4.94. The smallest absolute Gasteiger partial charge is 0.257 e. The Hall–Kier alpha value is -3.39. The molecule has 2 N–H and O–H groups in total. The van der Waals surface area contributed by atoms with Crippen LogP contribution in [0.4, 0.5) is 22.2 Å². The quantitative estimate of drug-likeness (QED) is 0.693. The number of anilines is 4. The Bertz CT molecular complexity index is 988. The molecule has 1 aliphatic heterocycles. The number of rotatable bonds is 5. The van der Waals surface area contributed by atoms with Crippen molar-refractivity contribution in [3.05, 3.63) is 65.7 Å². The topological polar surface area (TPSA) is 77.6 Å². The van der Waals surface area contributed by atoms with Crippen molar-refractivity contribution in [3.63, 3.8) is 0 Å². The Labute approximate surface area is 166 Å². The molecule has 0 aliphatic carbocycles. The van der Waals surface area contributed by atoms with Gasteiger partial charge in [0, 0.05) is 23.7 Å². The van der Waals surface area contributed by atoms with Crippen molar-refractivity contribution in [2.75, 3.05) is 33.7 Å². The minimum absolute atomic E-state index is 0.0353. The van der Waals surface area contributed by atoms with E-state index in [4.69, 9.17) is 0 Å². The van der Waals surface area contributed by atoms with E-state index in [0.717, 1.165) is 17.1 Å². The number of hydrazine groups is 1. The molecular weight excluding hydrogens is 374 g/mol. The van der Waals surface area contributed by atoms with E-state index in [-0.39, 0.29) is 18.4 Å². The third-order valence-electron chi connectivity index (χ3n) is 4.44. The summed E-state index contributed by atoms with van der Waals surface area (Å²) in [6.07, 6.45) is 1.64. The lowest BCUT2D eigenvalue weighted by Crippen LogP contribution is -2.47. The average Bonchev–Trinajstić information content (AvgIpc) is 3.22. The average molecular weight is 393 g/mol. The number of nitrogens with one attached hydrogen (secondary N) is 2. The Morgan fingerprint density at radius 3 is 2.57 bits per heavy atom. The molecule has 1 aromatic heterocycles. The molecule has 28 heavy (non-hydrogen) atoms. The molecule has 2 heterocycles. The molecular formula is C20H19N5O2S. The summed E-state index contributed by atoms with van der Waals surface area (Å²) >= 11 is 1.37. The first-order chi connectivity index (χ1) is 13.7. The zero-order valence-electron chi connectivity index (χ0n) is 15.3. The number of carbonyl (C=O) groups is 2. The van der Waals surface area contributed by atoms with E-state index in [1.165, 1.54) is 11.3 Å². The maximum Gasteiger partial charge on any atom is 0.257 e. The Balaban J connectivity index is 1.50. The van der Waals surface area contributed by atoms with Crippen LogP contribution in [-0.2, 0) is 4.79 Å². The van der Waals surface area contributed by atoms with Gasteiger partial charge < -0.3 is 4.90 Å². The molecule has 2 aromatic carbocycles. The molecule has 1 aliphatic rings. The lowest BCUT2D eigenvalue weighted by Gasteiger charge is -2.37. The second kappa shape index (κ2) is 7.69. The SMILES string of the molecule is CCN1C(=O)CN(Nc2ccc(C(=O)Nc3nccs3)cc2)c2ccccc21. The molecule has 0 spiro atoms. The zero-order valence-corrected chi connectivity index (χ0v) is 16.1. The summed E-state index contributed by atoms with van der Waals surface area (Å²) in [6.45, 7) is 2.83. The van der Waals surface area contributed by atoms with Crippen LogP contribution in [0.5, 0.6) is 0 Å². The molecule has 2 amide bonds. The molecule has 4 rings (SSSR count). The molecule has 7 nitrogen and oxygen atoms in total. The zero-order chi connectivity index (χ0) is 19.5. The van der Waals surface area contributed by atoms with Crippen LogP contribution in [0, 0.1) is 0 Å². The fourth-order valence-corrected chi connectivity index (χ4v) is 3.64. The van der Waals surface area contributed by atoms with Gasteiger partial charge in [0.05, 0.1) is 17.1 Å². The Morgan fingerprint density at radius 1 is 1.14 bits per heavy atom. The van der Waals surface area contributed by atoms with Crippen LogP contribution in [0.25, 0.3) is 0 Å². The van der Waals surface area contributed by atoms with E-state index >= 15 is 0 Å². The van der Waals surface area contributed by atoms with Crippen molar-refractivity contribution in [1.29, 1.82) is 0 Å². The van der Waals surface area contributed by atoms with Crippen molar-refractivity contribution in [3.8, 4) is 0 Å². The molecule has 0 unspecified atom stereocenters. The molecule has 142 valence electrons. The number of nitrogens with zero attached hydrogens (tertiary/aromatic N) is 3. The summed E-state index contributed by atoms with van der Waals surface area (Å²) in [6, 6.07) is 14.9. The highest BCUT2D eigenvalue weighted by Crippen LogP contribution is 2.33. The van der Waals surface area contributed by atoms with Crippen LogP contribution in [-0.4, -0.2) is 29.9 Å². The fourth-order valence-electron chi connectivity index (χ4n) is 3.11. The number of hydrogen-bond acceptors (Lipinski definition) is 6. The predicted octanol–water partition coefficient (Wildman–Crippen LogP) is 3.60. The number of fused-ring (bicyclic) bond motifs is 1. The van der Waals surface area contributed by atoms with Crippen molar-refractivity contribution < 1.29 is 9.59 Å². The van der Waals surface area contributed by atoms with Crippen molar-refractivity contribution in [2.45, 2.75) is 6.92 Å². The van der Waals surface area contributed by atoms with Crippen molar-refractivity contribution in [2.24, 2.45) is 0 Å². The maximum atomic E-state index is 12.5. The highest BCUT2D eigenvalue weighted by molar-refractivity contribution is 7.13. The van der Waals surface area contributed by atoms with Gasteiger partial charge in [0.1, 0.15) is 6.54 Å². The van der Waals surface area contributed by atoms with Crippen LogP contribution in [0.2, 0.25) is 0 Å². The largest absolute Gasteiger partial charge is 0.309 e. The molecule has 8 heteroatoms. The van der Waals surface area contributed by atoms with Gasteiger partial charge in [0.15, 0.2) is 5.13 Å². The number of aromatic nitrogens is 1. The standard InChI is InChI=1S/C20H19N5O2S/c1-2-24-16-5-3-4-6-17(16)25(13-18(24)26)23-15-9-7-14(8-10-15)19(27)22-20-21-11-12-28-20/h3-12,23H,2,13H2,1H3,(H,21,22,27). The van der Waals surface area contributed by atoms with E-state index in [1.54, 1.807) is 28.6 Å². The van der Waals surface area contributed by atoms with Gasteiger partial charge in [0.25, 0.3) is 5.91 Å². The van der Waals surface area contributed by atoms with Gasteiger partial charge in [-0.2, -0.15) is 0 Å². The fraction of sp³-hybridized carbons (Fsp3) is 0.150. The molecule has 0 bridgehead atoms. The first kappa shape index (κ1) is 18.0. The number of likely N-dealkylation sites (N-methyl/N-ethyl adjacent to an activating group) is 1. The number of carbonyl (C=O) groups excluding carboxylic acids is 2. The van der Waals surface area contributed by atoms with Crippen LogP contribution in [0.15, 0.2) is 60.1 Å². The third kappa shape index (κ3) is 3.54. The number of benzene rings is 2. The van der Waals surface area contributed by atoms with Gasteiger partial charge in [-0.1, -0.05) is 12.1 Å². The summed E-state index contributed by atoms with van der Waals surface area (Å²) in [5.74, 6) is -0.174. The minimum atomic E-state index is -0.210. The normalized spacial score (nSPS) is 13.2. The van der Waals surface area contributed by atoms with E-state index in [0.29, 0.717) is 17.2 Å². The number of hydrogen-bond donors (Lipinski definition) is 2. The van der Waals surface area contributed by atoms with Gasteiger partial charge in [0.2, 0.25) is 5.91 Å². The number of amides is 2. The monoisotopic (exact) mass is 393 g/mol. The van der Waals surface area contributed by atoms with Gasteiger partial charge >= 0.3 is 0 Å². The van der Waals surface area contributed by atoms with E-state index in [2.05, 4.69) is 15.7 Å². The summed E-state index contributed by atoms with van der Waals surface area (Å²) in [5.41, 5.74) is 6.41. The lowest BCUT2D eigenvalue weighted by molar-refractivity contribution is -0.117. The summed E-state index contributed by atoms with van der Waals surface area (Å²) in [4.78, 5) is 30.6. The van der Waals surface area contributed by atoms with Crippen molar-refractivity contribution in [1.82, 2.24) is 4.98 Å². The highest BCUT2D eigenvalue weighted by Gasteiger charge is 2.28. The number of thiazole rings is 1. The molecule has 3 aromatic rings. The van der Waals surface area contributed by atoms with Crippen LogP contribution >= 0.6 is 11.3 Å². The molecule has 0 fully saturated rings. The summed E-state index contributed by atoms with van der Waals surface area (Å²) in [7, 11) is 0. The van der Waals surface area contributed by atoms with Gasteiger partial charge in [-0.25, -0.2) is 4.98 Å². The lowest BCUT2D eigenvalue weighted by atomic mass is 10.1. The third-order valence-corrected chi connectivity index (χ3v) is 5.13. The predicted molar refractivity (Wildman–Crippen MR) is 112 cm³/mol. The van der Waals surface area contributed by atoms with Gasteiger partial charge in [-0.15, -0.1) is 11.3 Å². The second-order valence-corrected chi connectivity index (χ2v) is 7.09. The van der Waals surface area contributed by atoms with Crippen LogP contribution < -0.4 is 20.7 Å². The molecule has 0 saturated carbocycles. The Morgan fingerprint density at radius 2 is 1.89 bits per heavy atom. The first-order valence-electron chi connectivity index (χ1n) is 8.90. The summed E-state index contributed by atoms with van der Waals surface area (Å²) < 4.78 is 0. The molecule has 0 atom stereocenters. The highest BCUT2D eigenvalue weighted by atomic mass is 32.1. The van der Waals surface area contributed by atoms with E-state index in [1.807, 2.05) is 48.3 Å². The van der Waals surface area contributed by atoms with Crippen LogP contribution in [0.3, 0.4) is 0 Å². The number of para-hydroxylation sites is 2. The molecule has 0 saturated heterocycles.